The van der Waals surface area contributed by atoms with Crippen molar-refractivity contribution in [3.05, 3.63) is 41.5 Å². The number of hydrogen-bond acceptors (Lipinski definition) is 6. The van der Waals surface area contributed by atoms with Crippen molar-refractivity contribution in [2.45, 2.75) is 37.6 Å². The molecular weight excluding hydrogens is 388 g/mol. The van der Waals surface area contributed by atoms with Crippen LogP contribution in [0.5, 0.6) is 0 Å². The van der Waals surface area contributed by atoms with Crippen molar-refractivity contribution in [3.63, 3.8) is 0 Å². The van der Waals surface area contributed by atoms with E-state index in [0.717, 1.165) is 34.0 Å². The van der Waals surface area contributed by atoms with Crippen molar-refractivity contribution in [3.8, 4) is 0 Å². The van der Waals surface area contributed by atoms with Crippen LogP contribution in [0.3, 0.4) is 0 Å². The lowest BCUT2D eigenvalue weighted by Crippen LogP contribution is -2.29. The number of amides is 1. The second-order valence-electron chi connectivity index (χ2n) is 7.00. The lowest BCUT2D eigenvalue weighted by atomic mass is 10.1. The van der Waals surface area contributed by atoms with Gasteiger partial charge in [0.25, 0.3) is 0 Å². The van der Waals surface area contributed by atoms with Gasteiger partial charge in [-0.2, -0.15) is 0 Å². The number of nitrogens with one attached hydrogen (secondary N) is 1. The van der Waals surface area contributed by atoms with E-state index >= 15 is 0 Å². The van der Waals surface area contributed by atoms with Crippen molar-refractivity contribution in [2.24, 2.45) is 0 Å². The maximum Gasteiger partial charge on any atom is 0.225 e. The van der Waals surface area contributed by atoms with Crippen LogP contribution in [-0.2, 0) is 4.79 Å². The zero-order valence-electron chi connectivity index (χ0n) is 16.0. The number of carbonyl (C=O) groups is 1. The smallest absolute Gasteiger partial charge is 0.225 e. The molecule has 0 bridgehead atoms. The van der Waals surface area contributed by atoms with Crippen LogP contribution >= 0.6 is 23.1 Å². The number of carbonyl (C=O) groups excluding carboxylic acids is 1. The van der Waals surface area contributed by atoms with E-state index < -0.39 is 0 Å². The van der Waals surface area contributed by atoms with Crippen LogP contribution in [0, 0.1) is 6.92 Å². The fourth-order valence-electron chi connectivity index (χ4n) is 3.44. The van der Waals surface area contributed by atoms with E-state index in [4.69, 9.17) is 0 Å². The molecule has 3 heterocycles. The first-order chi connectivity index (χ1) is 13.7. The van der Waals surface area contributed by atoms with Crippen molar-refractivity contribution < 1.29 is 4.79 Å². The molecule has 1 aliphatic heterocycles. The molecule has 0 radical (unpaired) electrons. The number of rotatable bonds is 6. The first-order valence-corrected chi connectivity index (χ1v) is 11.5. The average molecular weight is 413 g/mol. The van der Waals surface area contributed by atoms with Crippen molar-refractivity contribution in [2.75, 3.05) is 29.1 Å². The number of piperidine rings is 1. The molecule has 4 rings (SSSR count). The van der Waals surface area contributed by atoms with Crippen LogP contribution in [0.1, 0.15) is 30.6 Å². The Labute approximate surface area is 173 Å². The van der Waals surface area contributed by atoms with Gasteiger partial charge in [0.2, 0.25) is 5.91 Å². The minimum Gasteiger partial charge on any atom is -0.372 e. The summed E-state index contributed by atoms with van der Waals surface area (Å²) in [5, 5.41) is 5.04. The minimum absolute atomic E-state index is 0.0324. The van der Waals surface area contributed by atoms with E-state index in [1.165, 1.54) is 29.8 Å². The maximum absolute atomic E-state index is 12.3. The molecule has 0 aliphatic carbocycles. The number of thioether (sulfide) groups is 1. The van der Waals surface area contributed by atoms with Gasteiger partial charge in [0, 0.05) is 46.9 Å². The van der Waals surface area contributed by atoms with Gasteiger partial charge in [0.1, 0.15) is 16.2 Å². The maximum atomic E-state index is 12.3. The predicted molar refractivity (Wildman–Crippen MR) is 119 cm³/mol. The summed E-state index contributed by atoms with van der Waals surface area (Å²) < 4.78 is 0. The summed E-state index contributed by atoms with van der Waals surface area (Å²) in [6.45, 7) is 4.33. The highest BCUT2D eigenvalue weighted by molar-refractivity contribution is 7.99. The Kier molecular flexibility index (Phi) is 6.12. The third kappa shape index (κ3) is 4.64. The van der Waals surface area contributed by atoms with Crippen molar-refractivity contribution in [1.82, 2.24) is 9.97 Å². The van der Waals surface area contributed by atoms with Gasteiger partial charge in [0.05, 0.1) is 0 Å². The molecule has 2 aromatic heterocycles. The van der Waals surface area contributed by atoms with Gasteiger partial charge in [0.15, 0.2) is 0 Å². The van der Waals surface area contributed by atoms with E-state index in [2.05, 4.69) is 45.3 Å². The molecule has 1 N–H and O–H groups in total. The molecule has 5 nitrogen and oxygen atoms in total. The topological polar surface area (TPSA) is 58.1 Å². The molecule has 1 amide bonds. The normalized spacial score (nSPS) is 14.4. The molecule has 1 aromatic carbocycles. The fraction of sp³-hybridized carbons (Fsp3) is 0.381. The lowest BCUT2D eigenvalue weighted by molar-refractivity contribution is -0.115. The lowest BCUT2D eigenvalue weighted by Gasteiger charge is -2.28. The molecule has 28 heavy (non-hydrogen) atoms. The number of aryl methyl sites for hydroxylation is 1. The second-order valence-corrected chi connectivity index (χ2v) is 9.31. The van der Waals surface area contributed by atoms with Crippen LogP contribution in [-0.4, -0.2) is 34.7 Å². The number of aromatic nitrogens is 2. The predicted octanol–water partition coefficient (Wildman–Crippen LogP) is 5.11. The number of thiophene rings is 1. The third-order valence-electron chi connectivity index (χ3n) is 4.86. The van der Waals surface area contributed by atoms with Gasteiger partial charge in [-0.05, 0) is 56.5 Å². The zero-order chi connectivity index (χ0) is 19.3. The van der Waals surface area contributed by atoms with Crippen LogP contribution in [0.4, 0.5) is 11.4 Å². The Morgan fingerprint density at radius 1 is 1.18 bits per heavy atom. The summed E-state index contributed by atoms with van der Waals surface area (Å²) in [5.41, 5.74) is 2.10. The van der Waals surface area contributed by atoms with Gasteiger partial charge >= 0.3 is 0 Å². The van der Waals surface area contributed by atoms with Crippen molar-refractivity contribution >= 4 is 50.6 Å². The van der Waals surface area contributed by atoms with E-state index in [1.54, 1.807) is 29.4 Å². The van der Waals surface area contributed by atoms with Gasteiger partial charge in [-0.15, -0.1) is 23.1 Å². The van der Waals surface area contributed by atoms with Crippen molar-refractivity contribution in [1.29, 1.82) is 0 Å². The molecule has 1 fully saturated rings. The summed E-state index contributed by atoms with van der Waals surface area (Å²) in [4.78, 5) is 25.6. The van der Waals surface area contributed by atoms with E-state index in [1.807, 2.05) is 12.1 Å². The molecule has 1 aliphatic rings. The third-order valence-corrected chi connectivity index (χ3v) is 6.82. The molecular formula is C21H24N4OS2. The average Bonchev–Trinajstić information content (AvgIpc) is 3.10. The van der Waals surface area contributed by atoms with Crippen LogP contribution in [0.25, 0.3) is 10.2 Å². The fourth-order valence-corrected chi connectivity index (χ4v) is 5.27. The molecule has 0 spiro atoms. The van der Waals surface area contributed by atoms with Gasteiger partial charge < -0.3 is 10.2 Å². The van der Waals surface area contributed by atoms with Crippen LogP contribution < -0.4 is 10.2 Å². The van der Waals surface area contributed by atoms with Crippen LogP contribution in [0.2, 0.25) is 0 Å². The summed E-state index contributed by atoms with van der Waals surface area (Å²) in [6, 6.07) is 10.3. The quantitative estimate of drug-likeness (QED) is 0.450. The molecule has 0 unspecified atom stereocenters. The summed E-state index contributed by atoms with van der Waals surface area (Å²) >= 11 is 3.28. The highest BCUT2D eigenvalue weighted by Crippen LogP contribution is 2.30. The Hall–Kier alpha value is -2.12. The number of fused-ring (bicyclic) bond motifs is 1. The molecule has 7 heteroatoms. The van der Waals surface area contributed by atoms with E-state index in [-0.39, 0.29) is 5.91 Å². The summed E-state index contributed by atoms with van der Waals surface area (Å²) in [7, 11) is 0. The highest BCUT2D eigenvalue weighted by Gasteiger charge is 2.12. The number of anilines is 2. The Morgan fingerprint density at radius 2 is 1.96 bits per heavy atom. The standard InChI is InChI=1S/C21H24N4OS2/c1-15-13-18-20(22-14-23-21(18)28-15)27-12-9-19(26)24-16-5-7-17(8-6-16)25-10-3-2-4-11-25/h5-8,13-14H,2-4,9-12H2,1H3,(H,24,26). The Bertz CT molecular complexity index is 949. The summed E-state index contributed by atoms with van der Waals surface area (Å²) in [6.07, 6.45) is 5.91. The SMILES string of the molecule is Cc1cc2c(SCCC(=O)Nc3ccc(N4CCCCC4)cc3)ncnc2s1. The summed E-state index contributed by atoms with van der Waals surface area (Å²) in [5.74, 6) is 0.726. The number of nitrogens with zero attached hydrogens (tertiary/aromatic N) is 3. The van der Waals surface area contributed by atoms with E-state index in [9.17, 15) is 4.79 Å². The first-order valence-electron chi connectivity index (χ1n) is 9.68. The number of benzene rings is 1. The van der Waals surface area contributed by atoms with Gasteiger partial charge in [-0.25, -0.2) is 9.97 Å². The Balaban J connectivity index is 1.28. The molecule has 1 saturated heterocycles. The Morgan fingerprint density at radius 3 is 2.75 bits per heavy atom. The van der Waals surface area contributed by atoms with Crippen LogP contribution in [0.15, 0.2) is 41.7 Å². The highest BCUT2D eigenvalue weighted by atomic mass is 32.2. The minimum atomic E-state index is 0.0324. The zero-order valence-corrected chi connectivity index (χ0v) is 17.6. The van der Waals surface area contributed by atoms with Gasteiger partial charge in [-0.1, -0.05) is 0 Å². The molecule has 0 saturated carbocycles. The molecule has 146 valence electrons. The second kappa shape index (κ2) is 8.92. The van der Waals surface area contributed by atoms with E-state index in [0.29, 0.717) is 12.2 Å². The van der Waals surface area contributed by atoms with Gasteiger partial charge in [-0.3, -0.25) is 4.79 Å². The monoisotopic (exact) mass is 412 g/mol. The molecule has 0 atom stereocenters. The first kappa shape index (κ1) is 19.2. The number of hydrogen-bond donors (Lipinski definition) is 1. The molecule has 3 aromatic rings. The largest absolute Gasteiger partial charge is 0.372 e.